The smallest absolute Gasteiger partial charge is 0.276 e. The van der Waals surface area contributed by atoms with Crippen LogP contribution in [-0.4, -0.2) is 30.0 Å². The van der Waals surface area contributed by atoms with E-state index >= 15 is 0 Å². The van der Waals surface area contributed by atoms with Gasteiger partial charge in [0.25, 0.3) is 15.6 Å². The summed E-state index contributed by atoms with van der Waals surface area (Å²) in [6.45, 7) is 0.0856. The van der Waals surface area contributed by atoms with Crippen LogP contribution in [0.5, 0.6) is 0 Å². The van der Waals surface area contributed by atoms with E-state index in [9.17, 15) is 13.2 Å². The summed E-state index contributed by atoms with van der Waals surface area (Å²) < 4.78 is 36.6. The van der Waals surface area contributed by atoms with E-state index in [1.54, 1.807) is 12.1 Å². The zero-order chi connectivity index (χ0) is 16.4. The standard InChI is InChI=1S/C14H13N3O5S/c1-17(9-10-3-2-8-21-10)23(19,20)14-7-5-12(22-14)11-4-6-13(18)16-15-11/h2-8H,9H2,1H3,(H,16,18). The third-order valence-electron chi connectivity index (χ3n) is 3.14. The van der Waals surface area contributed by atoms with Crippen LogP contribution in [0.25, 0.3) is 11.5 Å². The Bertz CT molecular complexity index is 936. The van der Waals surface area contributed by atoms with Gasteiger partial charge in [0.1, 0.15) is 11.5 Å². The third-order valence-corrected chi connectivity index (χ3v) is 4.81. The molecule has 0 fully saturated rings. The lowest BCUT2D eigenvalue weighted by Gasteiger charge is -2.13. The lowest BCUT2D eigenvalue weighted by atomic mass is 10.3. The van der Waals surface area contributed by atoms with E-state index in [-0.39, 0.29) is 23.0 Å². The first-order valence-electron chi connectivity index (χ1n) is 6.61. The molecule has 1 N–H and O–H groups in total. The molecule has 3 aromatic rings. The second-order valence-corrected chi connectivity index (χ2v) is 6.74. The first-order valence-corrected chi connectivity index (χ1v) is 8.05. The number of furan rings is 2. The molecule has 0 saturated heterocycles. The van der Waals surface area contributed by atoms with E-state index in [2.05, 4.69) is 10.2 Å². The summed E-state index contributed by atoms with van der Waals surface area (Å²) in [6, 6.07) is 8.92. The van der Waals surface area contributed by atoms with Gasteiger partial charge in [-0.3, -0.25) is 4.79 Å². The second kappa shape index (κ2) is 5.86. The highest BCUT2D eigenvalue weighted by Gasteiger charge is 2.25. The zero-order valence-electron chi connectivity index (χ0n) is 12.1. The monoisotopic (exact) mass is 335 g/mol. The van der Waals surface area contributed by atoms with Crippen LogP contribution in [-0.2, 0) is 16.6 Å². The number of sulfonamides is 1. The minimum absolute atomic E-state index is 0.0856. The molecule has 120 valence electrons. The fourth-order valence-electron chi connectivity index (χ4n) is 1.94. The molecule has 3 aromatic heterocycles. The molecular formula is C14H13N3O5S. The van der Waals surface area contributed by atoms with Gasteiger partial charge >= 0.3 is 0 Å². The number of aromatic nitrogens is 2. The Hall–Kier alpha value is -2.65. The van der Waals surface area contributed by atoms with Crippen molar-refractivity contribution < 1.29 is 17.3 Å². The van der Waals surface area contributed by atoms with Crippen molar-refractivity contribution in [3.63, 3.8) is 0 Å². The number of aromatic amines is 1. The number of nitrogens with one attached hydrogen (secondary N) is 1. The predicted octanol–water partition coefficient (Wildman–Crippen LogP) is 1.44. The van der Waals surface area contributed by atoms with Crippen molar-refractivity contribution in [2.75, 3.05) is 7.05 Å². The molecule has 9 heteroatoms. The van der Waals surface area contributed by atoms with Crippen LogP contribution < -0.4 is 5.56 Å². The summed E-state index contributed by atoms with van der Waals surface area (Å²) in [5.74, 6) is 0.761. The predicted molar refractivity (Wildman–Crippen MR) is 79.9 cm³/mol. The van der Waals surface area contributed by atoms with Crippen LogP contribution in [0, 0.1) is 0 Å². The van der Waals surface area contributed by atoms with Gasteiger partial charge in [-0.05, 0) is 30.3 Å². The van der Waals surface area contributed by atoms with Gasteiger partial charge in [-0.15, -0.1) is 0 Å². The van der Waals surface area contributed by atoms with Crippen molar-refractivity contribution in [2.45, 2.75) is 11.6 Å². The highest BCUT2D eigenvalue weighted by Crippen LogP contribution is 2.24. The van der Waals surface area contributed by atoms with Crippen molar-refractivity contribution >= 4 is 10.0 Å². The Morgan fingerprint density at radius 2 is 2.04 bits per heavy atom. The van der Waals surface area contributed by atoms with Gasteiger partial charge in [0, 0.05) is 13.1 Å². The first kappa shape index (κ1) is 15.3. The lowest BCUT2D eigenvalue weighted by Crippen LogP contribution is -2.25. The molecule has 0 unspecified atom stereocenters. The second-order valence-electron chi connectivity index (χ2n) is 4.77. The van der Waals surface area contributed by atoms with Crippen LogP contribution in [0.1, 0.15) is 5.76 Å². The molecule has 0 aliphatic heterocycles. The lowest BCUT2D eigenvalue weighted by molar-refractivity contribution is 0.384. The van der Waals surface area contributed by atoms with Crippen LogP contribution in [0.2, 0.25) is 0 Å². The molecule has 0 aromatic carbocycles. The molecular weight excluding hydrogens is 322 g/mol. The summed E-state index contributed by atoms with van der Waals surface area (Å²) in [4.78, 5) is 11.0. The number of hydrogen-bond donors (Lipinski definition) is 1. The molecule has 0 atom stereocenters. The van der Waals surface area contributed by atoms with E-state index in [1.807, 2.05) is 0 Å². The molecule has 0 aliphatic rings. The number of rotatable bonds is 5. The summed E-state index contributed by atoms with van der Waals surface area (Å²) in [6.07, 6.45) is 1.47. The molecule has 3 rings (SSSR count). The highest BCUT2D eigenvalue weighted by atomic mass is 32.2. The quantitative estimate of drug-likeness (QED) is 0.755. The van der Waals surface area contributed by atoms with Crippen LogP contribution in [0.3, 0.4) is 0 Å². The van der Waals surface area contributed by atoms with Gasteiger partial charge in [0.05, 0.1) is 12.8 Å². The van der Waals surface area contributed by atoms with Gasteiger partial charge in [0.15, 0.2) is 5.76 Å². The molecule has 3 heterocycles. The summed E-state index contributed by atoms with van der Waals surface area (Å²) in [5.41, 5.74) is -0.0222. The maximum Gasteiger partial charge on any atom is 0.276 e. The van der Waals surface area contributed by atoms with Crippen molar-refractivity contribution in [3.8, 4) is 11.5 Å². The van der Waals surface area contributed by atoms with E-state index in [1.165, 1.54) is 37.6 Å². The number of H-pyrrole nitrogens is 1. The molecule has 0 radical (unpaired) electrons. The van der Waals surface area contributed by atoms with E-state index in [0.717, 1.165) is 4.31 Å². The van der Waals surface area contributed by atoms with Crippen LogP contribution in [0.15, 0.2) is 61.4 Å². The molecule has 0 spiro atoms. The normalized spacial score (nSPS) is 11.9. The summed E-state index contributed by atoms with van der Waals surface area (Å²) in [5, 5.41) is 5.84. The zero-order valence-corrected chi connectivity index (χ0v) is 12.9. The van der Waals surface area contributed by atoms with Crippen molar-refractivity contribution in [3.05, 3.63) is 58.8 Å². The van der Waals surface area contributed by atoms with Crippen LogP contribution >= 0.6 is 0 Å². The van der Waals surface area contributed by atoms with E-state index in [4.69, 9.17) is 8.83 Å². The fraction of sp³-hybridized carbons (Fsp3) is 0.143. The number of nitrogens with zero attached hydrogens (tertiary/aromatic N) is 2. The third kappa shape index (κ3) is 3.10. The first-order chi connectivity index (χ1) is 11.0. The molecule has 0 bridgehead atoms. The van der Waals surface area contributed by atoms with E-state index < -0.39 is 10.0 Å². The minimum Gasteiger partial charge on any atom is -0.468 e. The fourth-order valence-corrected chi connectivity index (χ4v) is 2.98. The maximum absolute atomic E-state index is 12.5. The topological polar surface area (TPSA) is 109 Å². The summed E-state index contributed by atoms with van der Waals surface area (Å²) >= 11 is 0. The van der Waals surface area contributed by atoms with Gasteiger partial charge in [0.2, 0.25) is 5.09 Å². The Balaban J connectivity index is 1.86. The average molecular weight is 335 g/mol. The van der Waals surface area contributed by atoms with Crippen molar-refractivity contribution in [1.29, 1.82) is 0 Å². The highest BCUT2D eigenvalue weighted by molar-refractivity contribution is 7.88. The van der Waals surface area contributed by atoms with Gasteiger partial charge in [-0.2, -0.15) is 9.40 Å². The molecule has 8 nitrogen and oxygen atoms in total. The Morgan fingerprint density at radius 3 is 2.70 bits per heavy atom. The SMILES string of the molecule is CN(Cc1ccco1)S(=O)(=O)c1ccc(-c2ccc(=O)[nH]n2)o1. The maximum atomic E-state index is 12.5. The Labute approximate surface area is 131 Å². The molecule has 0 amide bonds. The van der Waals surface area contributed by atoms with E-state index in [0.29, 0.717) is 11.5 Å². The van der Waals surface area contributed by atoms with Crippen molar-refractivity contribution in [1.82, 2.24) is 14.5 Å². The van der Waals surface area contributed by atoms with Gasteiger partial charge < -0.3 is 8.83 Å². The van der Waals surface area contributed by atoms with Crippen LogP contribution in [0.4, 0.5) is 0 Å². The summed E-state index contributed by atoms with van der Waals surface area (Å²) in [7, 11) is -2.37. The molecule has 0 aliphatic carbocycles. The van der Waals surface area contributed by atoms with Gasteiger partial charge in [-0.25, -0.2) is 13.5 Å². The molecule has 0 saturated carbocycles. The van der Waals surface area contributed by atoms with Crippen molar-refractivity contribution in [2.24, 2.45) is 0 Å². The minimum atomic E-state index is -3.80. The van der Waals surface area contributed by atoms with Gasteiger partial charge in [-0.1, -0.05) is 0 Å². The Kier molecular flexibility index (Phi) is 3.89. The largest absolute Gasteiger partial charge is 0.468 e. The Morgan fingerprint density at radius 1 is 1.22 bits per heavy atom. The number of hydrogen-bond acceptors (Lipinski definition) is 6. The molecule has 23 heavy (non-hydrogen) atoms. The average Bonchev–Trinajstić information content (AvgIpc) is 3.19.